The Bertz CT molecular complexity index is 967. The SMILES string of the molecule is C#Cc1ccccc1C(C(=O)NC1CCCCC1)N(C#C)C(=O)C(CS)NC(=O)OC(C)(C)C. The number of hydrogen-bond acceptors (Lipinski definition) is 5. The fourth-order valence-corrected chi connectivity index (χ4v) is 4.11. The second-order valence-electron chi connectivity index (χ2n) is 9.20. The largest absolute Gasteiger partial charge is 0.444 e. The zero-order valence-corrected chi connectivity index (χ0v) is 20.9. The molecular weight excluding hydrogens is 450 g/mol. The standard InChI is InChI=1S/C26H33N3O4S/c1-6-18-13-11-12-16-20(18)22(23(30)27-19-14-9-8-10-15-19)29(7-2)24(31)21(17-34)28-25(32)33-26(3,4)5/h1-2,11-13,16,19,21-22,34H,8-10,14-15,17H2,3-5H3,(H,27,30)(H,28,32). The van der Waals surface area contributed by atoms with Crippen molar-refractivity contribution >= 4 is 30.5 Å². The van der Waals surface area contributed by atoms with Crippen molar-refractivity contribution in [2.24, 2.45) is 0 Å². The number of carbonyl (C=O) groups is 3. The summed E-state index contributed by atoms with van der Waals surface area (Å²) in [5.74, 6) is 1.42. The molecule has 2 N–H and O–H groups in total. The summed E-state index contributed by atoms with van der Waals surface area (Å²) in [5, 5.41) is 5.54. The third kappa shape index (κ3) is 7.46. The molecule has 2 rings (SSSR count). The molecule has 0 aliphatic heterocycles. The molecule has 7 nitrogen and oxygen atoms in total. The summed E-state index contributed by atoms with van der Waals surface area (Å²) in [6.07, 6.45) is 15.5. The van der Waals surface area contributed by atoms with Crippen LogP contribution in [0, 0.1) is 24.8 Å². The van der Waals surface area contributed by atoms with Crippen molar-refractivity contribution in [3.63, 3.8) is 0 Å². The lowest BCUT2D eigenvalue weighted by Crippen LogP contribution is -2.53. The number of terminal acetylenes is 2. The van der Waals surface area contributed by atoms with Gasteiger partial charge in [-0.05, 0) is 39.7 Å². The molecular formula is C26H33N3O4S. The van der Waals surface area contributed by atoms with Gasteiger partial charge in [-0.2, -0.15) is 12.6 Å². The molecule has 0 radical (unpaired) electrons. The number of alkyl carbamates (subject to hydrolysis) is 1. The lowest BCUT2D eigenvalue weighted by atomic mass is 9.94. The van der Waals surface area contributed by atoms with Gasteiger partial charge in [0.2, 0.25) is 5.91 Å². The summed E-state index contributed by atoms with van der Waals surface area (Å²) < 4.78 is 5.25. The van der Waals surface area contributed by atoms with Gasteiger partial charge in [0.05, 0.1) is 0 Å². The van der Waals surface area contributed by atoms with E-state index in [1.54, 1.807) is 45.0 Å². The normalized spacial score (nSPS) is 15.7. The van der Waals surface area contributed by atoms with Gasteiger partial charge in [0.1, 0.15) is 17.7 Å². The van der Waals surface area contributed by atoms with Crippen LogP contribution in [0.4, 0.5) is 4.79 Å². The van der Waals surface area contributed by atoms with Crippen LogP contribution in [0.2, 0.25) is 0 Å². The molecule has 0 heterocycles. The number of carbonyl (C=O) groups excluding carboxylic acids is 3. The first-order valence-electron chi connectivity index (χ1n) is 11.4. The Labute approximate surface area is 207 Å². The van der Waals surface area contributed by atoms with Crippen molar-refractivity contribution < 1.29 is 19.1 Å². The Morgan fingerprint density at radius 1 is 1.18 bits per heavy atom. The van der Waals surface area contributed by atoms with Gasteiger partial charge in [-0.25, -0.2) is 4.79 Å². The number of amides is 3. The van der Waals surface area contributed by atoms with Crippen LogP contribution in [-0.4, -0.2) is 46.2 Å². The van der Waals surface area contributed by atoms with Crippen LogP contribution in [0.5, 0.6) is 0 Å². The fourth-order valence-electron chi connectivity index (χ4n) is 3.86. The molecule has 0 aromatic heterocycles. The maximum atomic E-state index is 13.5. The van der Waals surface area contributed by atoms with Gasteiger partial charge in [-0.1, -0.05) is 49.8 Å². The highest BCUT2D eigenvalue weighted by atomic mass is 32.1. The van der Waals surface area contributed by atoms with Crippen LogP contribution in [-0.2, 0) is 14.3 Å². The maximum absolute atomic E-state index is 13.5. The number of nitrogens with zero attached hydrogens (tertiary/aromatic N) is 1. The van der Waals surface area contributed by atoms with Gasteiger partial charge in [0.15, 0.2) is 0 Å². The Balaban J connectivity index is 2.38. The van der Waals surface area contributed by atoms with Gasteiger partial charge in [0, 0.05) is 29.0 Å². The molecule has 0 bridgehead atoms. The van der Waals surface area contributed by atoms with Crippen molar-refractivity contribution in [2.75, 3.05) is 5.75 Å². The lowest BCUT2D eigenvalue weighted by molar-refractivity contribution is -0.138. The summed E-state index contributed by atoms with van der Waals surface area (Å²) in [6, 6.07) is 6.88. The lowest BCUT2D eigenvalue weighted by Gasteiger charge is -2.32. The van der Waals surface area contributed by atoms with Gasteiger partial charge < -0.3 is 15.4 Å². The van der Waals surface area contributed by atoms with Gasteiger partial charge in [-0.3, -0.25) is 14.5 Å². The van der Waals surface area contributed by atoms with E-state index in [9.17, 15) is 14.4 Å². The third-order valence-corrected chi connectivity index (χ3v) is 5.78. The summed E-state index contributed by atoms with van der Waals surface area (Å²) in [5.41, 5.74) is 0.121. The van der Waals surface area contributed by atoms with E-state index in [1.165, 1.54) is 0 Å². The number of hydrogen-bond donors (Lipinski definition) is 3. The highest BCUT2D eigenvalue weighted by Crippen LogP contribution is 2.26. The molecule has 0 saturated heterocycles. The molecule has 2 unspecified atom stereocenters. The first-order valence-corrected chi connectivity index (χ1v) is 12.0. The van der Waals surface area contributed by atoms with Crippen LogP contribution in [0.25, 0.3) is 0 Å². The monoisotopic (exact) mass is 483 g/mol. The minimum absolute atomic E-state index is 0.00274. The number of rotatable bonds is 7. The second kappa shape index (κ2) is 12.4. The van der Waals surface area contributed by atoms with Crippen molar-refractivity contribution in [3.8, 4) is 24.8 Å². The van der Waals surface area contributed by atoms with Crippen molar-refractivity contribution in [1.29, 1.82) is 0 Å². The van der Waals surface area contributed by atoms with E-state index < -0.39 is 35.6 Å². The highest BCUT2D eigenvalue weighted by Gasteiger charge is 2.37. The van der Waals surface area contributed by atoms with E-state index in [4.69, 9.17) is 17.6 Å². The molecule has 1 aromatic rings. The quantitative estimate of drug-likeness (QED) is 0.315. The number of thiol groups is 1. The van der Waals surface area contributed by atoms with Crippen LogP contribution in [0.1, 0.15) is 70.0 Å². The Kier molecular flexibility index (Phi) is 9.89. The van der Waals surface area contributed by atoms with E-state index in [1.807, 2.05) is 0 Å². The minimum atomic E-state index is -1.17. The van der Waals surface area contributed by atoms with E-state index in [2.05, 4.69) is 35.2 Å². The van der Waals surface area contributed by atoms with Gasteiger partial charge in [0.25, 0.3) is 5.91 Å². The molecule has 0 spiro atoms. The number of ether oxygens (including phenoxy) is 1. The van der Waals surface area contributed by atoms with E-state index >= 15 is 0 Å². The molecule has 3 amide bonds. The van der Waals surface area contributed by atoms with Gasteiger partial charge >= 0.3 is 6.09 Å². The topological polar surface area (TPSA) is 87.7 Å². The van der Waals surface area contributed by atoms with Crippen LogP contribution in [0.3, 0.4) is 0 Å². The average molecular weight is 484 g/mol. The molecule has 1 saturated carbocycles. The highest BCUT2D eigenvalue weighted by molar-refractivity contribution is 7.80. The molecule has 2 atom stereocenters. The van der Waals surface area contributed by atoms with E-state index in [0.29, 0.717) is 11.1 Å². The third-order valence-electron chi connectivity index (χ3n) is 5.42. The maximum Gasteiger partial charge on any atom is 0.408 e. The zero-order valence-electron chi connectivity index (χ0n) is 20.0. The molecule has 1 aromatic carbocycles. The van der Waals surface area contributed by atoms with Gasteiger partial charge in [-0.15, -0.1) is 6.42 Å². The Morgan fingerprint density at radius 2 is 1.82 bits per heavy atom. The van der Waals surface area contributed by atoms with E-state index in [0.717, 1.165) is 37.0 Å². The zero-order chi connectivity index (χ0) is 25.3. The van der Waals surface area contributed by atoms with Crippen molar-refractivity contribution in [1.82, 2.24) is 15.5 Å². The van der Waals surface area contributed by atoms with Crippen molar-refractivity contribution in [3.05, 3.63) is 35.4 Å². The fraction of sp³-hybridized carbons (Fsp3) is 0.500. The summed E-state index contributed by atoms with van der Waals surface area (Å²) in [6.45, 7) is 5.13. The Morgan fingerprint density at radius 3 is 2.38 bits per heavy atom. The molecule has 1 aliphatic rings. The number of nitrogens with one attached hydrogen (secondary N) is 2. The van der Waals surface area contributed by atoms with Crippen LogP contribution >= 0.6 is 12.6 Å². The second-order valence-corrected chi connectivity index (χ2v) is 9.56. The molecule has 1 fully saturated rings. The summed E-state index contributed by atoms with van der Waals surface area (Å²) >= 11 is 4.21. The number of benzene rings is 1. The smallest absolute Gasteiger partial charge is 0.408 e. The molecule has 1 aliphatic carbocycles. The predicted octanol–water partition coefficient (Wildman–Crippen LogP) is 3.40. The molecule has 182 valence electrons. The molecule has 34 heavy (non-hydrogen) atoms. The Hall–Kier alpha value is -3.10. The minimum Gasteiger partial charge on any atom is -0.444 e. The first-order chi connectivity index (χ1) is 16.1. The predicted molar refractivity (Wildman–Crippen MR) is 135 cm³/mol. The summed E-state index contributed by atoms with van der Waals surface area (Å²) in [7, 11) is 0. The van der Waals surface area contributed by atoms with E-state index in [-0.39, 0.29) is 11.8 Å². The van der Waals surface area contributed by atoms with Crippen molar-refractivity contribution in [2.45, 2.75) is 76.6 Å². The average Bonchev–Trinajstić information content (AvgIpc) is 2.80. The first kappa shape index (κ1) is 27.1. The van der Waals surface area contributed by atoms with Crippen LogP contribution in [0.15, 0.2) is 24.3 Å². The summed E-state index contributed by atoms with van der Waals surface area (Å²) in [4.78, 5) is 40.2. The van der Waals surface area contributed by atoms with Crippen LogP contribution < -0.4 is 10.6 Å². The molecule has 8 heteroatoms.